The molecule has 5 heteroatoms. The van der Waals surface area contributed by atoms with Gasteiger partial charge in [-0.1, -0.05) is 0 Å². The fourth-order valence-corrected chi connectivity index (χ4v) is 0.927. The lowest BCUT2D eigenvalue weighted by molar-refractivity contribution is 0.614. The number of halogens is 2. The number of aromatic nitrogens is 1. The summed E-state index contributed by atoms with van der Waals surface area (Å²) in [4.78, 5) is 3.64. The lowest BCUT2D eigenvalue weighted by atomic mass is 10.4. The zero-order valence-electron chi connectivity index (χ0n) is 4.94. The number of hydrogen-bond donors (Lipinski definition) is 2. The van der Waals surface area contributed by atoms with E-state index < -0.39 is 0 Å². The van der Waals surface area contributed by atoms with Crippen molar-refractivity contribution in [1.29, 1.82) is 0 Å². The van der Waals surface area contributed by atoms with Crippen molar-refractivity contribution in [2.45, 2.75) is 0 Å². The van der Waals surface area contributed by atoms with E-state index in [4.69, 9.17) is 5.84 Å². The van der Waals surface area contributed by atoms with Gasteiger partial charge >= 0.3 is 0 Å². The minimum atomic E-state index is -0.334. The van der Waals surface area contributed by atoms with Gasteiger partial charge in [0, 0.05) is 0 Å². The van der Waals surface area contributed by atoms with Gasteiger partial charge in [0.2, 0.25) is 0 Å². The van der Waals surface area contributed by atoms with Crippen LogP contribution in [0.1, 0.15) is 0 Å². The van der Waals surface area contributed by atoms with Crippen LogP contribution in [0.4, 0.5) is 10.2 Å². The fourth-order valence-electron chi connectivity index (χ4n) is 0.493. The molecule has 3 nitrogen and oxygen atoms in total. The predicted octanol–water partition coefficient (Wildman–Crippen LogP) is 1.11. The molecule has 0 saturated heterocycles. The quantitative estimate of drug-likeness (QED) is 0.448. The monoisotopic (exact) mass is 253 g/mol. The highest BCUT2D eigenvalue weighted by molar-refractivity contribution is 14.1. The first-order valence-electron chi connectivity index (χ1n) is 2.51. The zero-order valence-corrected chi connectivity index (χ0v) is 7.09. The molecule has 0 fully saturated rings. The molecule has 1 heterocycles. The standard InChI is InChI=1S/C5H5FIN3/c6-3-2-9-5(10-8)1-4(3)7/h1-2H,8H2,(H,9,10). The molecule has 3 N–H and O–H groups in total. The molecule has 0 amide bonds. The zero-order chi connectivity index (χ0) is 7.56. The molecular weight excluding hydrogens is 248 g/mol. The number of hydrazine groups is 1. The van der Waals surface area contributed by atoms with E-state index in [1.807, 2.05) is 22.6 Å². The molecule has 1 aromatic rings. The number of hydrogen-bond acceptors (Lipinski definition) is 3. The molecule has 1 rings (SSSR count). The van der Waals surface area contributed by atoms with Crippen LogP contribution in [0.2, 0.25) is 0 Å². The van der Waals surface area contributed by atoms with E-state index >= 15 is 0 Å². The fraction of sp³-hybridized carbons (Fsp3) is 0. The van der Waals surface area contributed by atoms with Crippen molar-refractivity contribution < 1.29 is 4.39 Å². The molecular formula is C5H5FIN3. The van der Waals surface area contributed by atoms with Crippen molar-refractivity contribution in [2.75, 3.05) is 5.43 Å². The smallest absolute Gasteiger partial charge is 0.154 e. The van der Waals surface area contributed by atoms with Gasteiger partial charge in [-0.15, -0.1) is 0 Å². The van der Waals surface area contributed by atoms with Crippen LogP contribution in [0, 0.1) is 9.39 Å². The number of nitrogens with two attached hydrogens (primary N) is 1. The number of nitrogen functional groups attached to an aromatic ring is 1. The summed E-state index contributed by atoms with van der Waals surface area (Å²) in [7, 11) is 0. The third-order valence-electron chi connectivity index (χ3n) is 0.956. The van der Waals surface area contributed by atoms with Crippen LogP contribution >= 0.6 is 22.6 Å². The Labute approximate surface area is 70.9 Å². The van der Waals surface area contributed by atoms with E-state index in [0.717, 1.165) is 6.20 Å². The molecule has 54 valence electrons. The third-order valence-corrected chi connectivity index (χ3v) is 1.78. The van der Waals surface area contributed by atoms with Crippen molar-refractivity contribution in [3.8, 4) is 0 Å². The first-order valence-corrected chi connectivity index (χ1v) is 3.59. The molecule has 0 unspecified atom stereocenters. The van der Waals surface area contributed by atoms with E-state index in [1.54, 1.807) is 0 Å². The molecule has 0 spiro atoms. The number of nitrogens with one attached hydrogen (secondary N) is 1. The maximum atomic E-state index is 12.5. The van der Waals surface area contributed by atoms with Crippen LogP contribution in [0.25, 0.3) is 0 Å². The summed E-state index contributed by atoms with van der Waals surface area (Å²) >= 11 is 1.86. The Kier molecular flexibility index (Phi) is 2.39. The Bertz CT molecular complexity index is 240. The lowest BCUT2D eigenvalue weighted by Gasteiger charge is -1.98. The second-order valence-electron chi connectivity index (χ2n) is 1.63. The summed E-state index contributed by atoms with van der Waals surface area (Å²) < 4.78 is 13.0. The van der Waals surface area contributed by atoms with Crippen molar-refractivity contribution in [3.05, 3.63) is 21.7 Å². The van der Waals surface area contributed by atoms with Crippen LogP contribution in [0.15, 0.2) is 12.3 Å². The summed E-state index contributed by atoms with van der Waals surface area (Å²) in [6.45, 7) is 0. The van der Waals surface area contributed by atoms with E-state index in [2.05, 4.69) is 10.4 Å². The highest BCUT2D eigenvalue weighted by Crippen LogP contribution is 2.12. The van der Waals surface area contributed by atoms with E-state index in [0.29, 0.717) is 9.39 Å². The van der Waals surface area contributed by atoms with E-state index in [9.17, 15) is 4.39 Å². The maximum Gasteiger partial charge on any atom is 0.154 e. The topological polar surface area (TPSA) is 50.9 Å². The maximum absolute atomic E-state index is 12.5. The van der Waals surface area contributed by atoms with Crippen LogP contribution in [0.5, 0.6) is 0 Å². The van der Waals surface area contributed by atoms with Gasteiger partial charge in [0.15, 0.2) is 5.82 Å². The van der Waals surface area contributed by atoms with Gasteiger partial charge in [-0.25, -0.2) is 15.2 Å². The van der Waals surface area contributed by atoms with Crippen LogP contribution in [-0.2, 0) is 0 Å². The Morgan fingerprint density at radius 3 is 2.90 bits per heavy atom. The minimum absolute atomic E-state index is 0.334. The Morgan fingerprint density at radius 1 is 1.70 bits per heavy atom. The SMILES string of the molecule is NNc1cc(I)c(F)cn1. The lowest BCUT2D eigenvalue weighted by Crippen LogP contribution is -2.08. The van der Waals surface area contributed by atoms with Gasteiger partial charge < -0.3 is 5.43 Å². The third kappa shape index (κ3) is 1.54. The molecule has 0 aliphatic rings. The molecule has 0 atom stereocenters. The summed E-state index contributed by atoms with van der Waals surface area (Å²) in [5.41, 5.74) is 2.31. The largest absolute Gasteiger partial charge is 0.308 e. The van der Waals surface area contributed by atoms with Gasteiger partial charge in [0.05, 0.1) is 9.77 Å². The van der Waals surface area contributed by atoms with Crippen molar-refractivity contribution in [3.63, 3.8) is 0 Å². The van der Waals surface area contributed by atoms with Gasteiger partial charge in [-0.05, 0) is 28.7 Å². The average Bonchev–Trinajstić information content (AvgIpc) is 1.95. The molecule has 0 saturated carbocycles. The highest BCUT2D eigenvalue weighted by atomic mass is 127. The van der Waals surface area contributed by atoms with Crippen molar-refractivity contribution in [2.24, 2.45) is 5.84 Å². The number of rotatable bonds is 1. The molecule has 10 heavy (non-hydrogen) atoms. The Hall–Kier alpha value is -0.430. The Balaban J connectivity index is 3.04. The first kappa shape index (κ1) is 7.67. The summed E-state index contributed by atoms with van der Waals surface area (Å²) in [5.74, 6) is 5.16. The number of pyridine rings is 1. The molecule has 0 aromatic carbocycles. The molecule has 0 bridgehead atoms. The Morgan fingerprint density at radius 2 is 2.40 bits per heavy atom. The van der Waals surface area contributed by atoms with Gasteiger partial charge in [-0.2, -0.15) is 0 Å². The number of nitrogens with zero attached hydrogens (tertiary/aromatic N) is 1. The minimum Gasteiger partial charge on any atom is -0.308 e. The molecule has 0 radical (unpaired) electrons. The van der Waals surface area contributed by atoms with Gasteiger partial charge in [-0.3, -0.25) is 0 Å². The summed E-state index contributed by atoms with van der Waals surface area (Å²) in [6.07, 6.45) is 1.12. The number of anilines is 1. The average molecular weight is 253 g/mol. The molecule has 0 aliphatic heterocycles. The van der Waals surface area contributed by atoms with E-state index in [-0.39, 0.29) is 5.82 Å². The summed E-state index contributed by atoms with van der Waals surface area (Å²) in [5, 5.41) is 0. The predicted molar refractivity (Wildman–Crippen MR) is 44.7 cm³/mol. The van der Waals surface area contributed by atoms with Gasteiger partial charge in [0.1, 0.15) is 5.82 Å². The first-order chi connectivity index (χ1) is 4.74. The normalized spacial score (nSPS) is 9.50. The van der Waals surface area contributed by atoms with Crippen molar-refractivity contribution in [1.82, 2.24) is 4.98 Å². The van der Waals surface area contributed by atoms with Crippen molar-refractivity contribution >= 4 is 28.4 Å². The molecule has 1 aromatic heterocycles. The van der Waals surface area contributed by atoms with E-state index in [1.165, 1.54) is 6.07 Å². The second-order valence-corrected chi connectivity index (χ2v) is 2.79. The second kappa shape index (κ2) is 3.11. The highest BCUT2D eigenvalue weighted by Gasteiger charge is 1.98. The van der Waals surface area contributed by atoms with Crippen LogP contribution < -0.4 is 11.3 Å². The van der Waals surface area contributed by atoms with Crippen LogP contribution in [0.3, 0.4) is 0 Å². The summed E-state index contributed by atoms with van der Waals surface area (Å²) in [6, 6.07) is 1.52. The van der Waals surface area contributed by atoms with Crippen LogP contribution in [-0.4, -0.2) is 4.98 Å². The van der Waals surface area contributed by atoms with Gasteiger partial charge in [0.25, 0.3) is 0 Å². The molecule has 0 aliphatic carbocycles.